The number of benzene rings is 1. The molecule has 0 aliphatic heterocycles. The summed E-state index contributed by atoms with van der Waals surface area (Å²) >= 11 is 6.15. The van der Waals surface area contributed by atoms with E-state index in [1.165, 1.54) is 18.3 Å². The van der Waals surface area contributed by atoms with E-state index < -0.39 is 5.60 Å². The molecule has 108 valence electrons. The van der Waals surface area contributed by atoms with E-state index >= 15 is 0 Å². The van der Waals surface area contributed by atoms with Crippen LogP contribution in [0.5, 0.6) is 0 Å². The van der Waals surface area contributed by atoms with Gasteiger partial charge in [-0.3, -0.25) is 4.68 Å². The van der Waals surface area contributed by atoms with Crippen molar-refractivity contribution in [3.05, 3.63) is 52.6 Å². The quantitative estimate of drug-likeness (QED) is 0.916. The maximum Gasteiger partial charge on any atom is 0.123 e. The van der Waals surface area contributed by atoms with E-state index in [1.807, 2.05) is 6.92 Å². The fraction of sp³-hybridized carbons (Fsp3) is 0.400. The van der Waals surface area contributed by atoms with Crippen LogP contribution in [0.4, 0.5) is 4.39 Å². The lowest BCUT2D eigenvalue weighted by atomic mass is 9.93. The molecule has 5 heteroatoms. The van der Waals surface area contributed by atoms with Crippen molar-refractivity contribution >= 4 is 11.6 Å². The van der Waals surface area contributed by atoms with E-state index in [0.29, 0.717) is 17.3 Å². The topological polar surface area (TPSA) is 38.0 Å². The second-order valence-corrected chi connectivity index (χ2v) is 5.55. The first-order chi connectivity index (χ1) is 9.44. The molecule has 0 aliphatic rings. The smallest absolute Gasteiger partial charge is 0.123 e. The van der Waals surface area contributed by atoms with Crippen molar-refractivity contribution in [2.45, 2.75) is 38.8 Å². The first kappa shape index (κ1) is 15.0. The van der Waals surface area contributed by atoms with Crippen LogP contribution < -0.4 is 0 Å². The number of aromatic nitrogens is 2. The molecule has 1 N–H and O–H groups in total. The summed E-state index contributed by atoms with van der Waals surface area (Å²) < 4.78 is 14.9. The lowest BCUT2D eigenvalue weighted by Gasteiger charge is -2.25. The van der Waals surface area contributed by atoms with Crippen LogP contribution in [0, 0.1) is 5.82 Å². The highest BCUT2D eigenvalue weighted by molar-refractivity contribution is 6.31. The van der Waals surface area contributed by atoms with Gasteiger partial charge >= 0.3 is 0 Å². The zero-order chi connectivity index (χ0) is 14.8. The Morgan fingerprint density at radius 2 is 2.20 bits per heavy atom. The average Bonchev–Trinajstić information content (AvgIpc) is 2.71. The molecule has 2 aromatic rings. The molecular weight excluding hydrogens is 279 g/mol. The number of aliphatic hydroxyl groups is 1. The van der Waals surface area contributed by atoms with Crippen LogP contribution in [-0.2, 0) is 18.6 Å². The number of aryl methyl sites for hydroxylation is 1. The minimum atomic E-state index is -1.20. The first-order valence-corrected chi connectivity index (χ1v) is 7.00. The molecule has 1 heterocycles. The third-order valence-electron chi connectivity index (χ3n) is 3.18. The summed E-state index contributed by atoms with van der Waals surface area (Å²) in [5, 5.41) is 15.4. The molecule has 0 radical (unpaired) electrons. The van der Waals surface area contributed by atoms with Gasteiger partial charge < -0.3 is 5.11 Å². The summed E-state index contributed by atoms with van der Waals surface area (Å²) in [7, 11) is 0. The molecular formula is C15H18ClFN2O. The number of hydrogen-bond acceptors (Lipinski definition) is 2. The second kappa shape index (κ2) is 5.94. The van der Waals surface area contributed by atoms with Crippen molar-refractivity contribution in [2.24, 2.45) is 0 Å². The molecule has 20 heavy (non-hydrogen) atoms. The monoisotopic (exact) mass is 296 g/mol. The number of nitrogens with zero attached hydrogens (tertiary/aromatic N) is 2. The molecule has 0 saturated heterocycles. The number of halogens is 2. The van der Waals surface area contributed by atoms with E-state index in [4.69, 9.17) is 11.6 Å². The molecule has 2 rings (SSSR count). The van der Waals surface area contributed by atoms with Gasteiger partial charge in [0, 0.05) is 13.0 Å². The van der Waals surface area contributed by atoms with E-state index in [-0.39, 0.29) is 12.2 Å². The van der Waals surface area contributed by atoms with Crippen LogP contribution >= 0.6 is 11.6 Å². The molecule has 0 saturated carbocycles. The summed E-state index contributed by atoms with van der Waals surface area (Å²) in [6.45, 7) is 4.38. The fourth-order valence-corrected chi connectivity index (χ4v) is 2.75. The van der Waals surface area contributed by atoms with Gasteiger partial charge in [0.15, 0.2) is 0 Å². The van der Waals surface area contributed by atoms with Crippen molar-refractivity contribution in [2.75, 3.05) is 0 Å². The van der Waals surface area contributed by atoms with Gasteiger partial charge in [-0.15, -0.1) is 0 Å². The predicted molar refractivity (Wildman–Crippen MR) is 77.2 cm³/mol. The molecule has 1 aromatic carbocycles. The zero-order valence-corrected chi connectivity index (χ0v) is 12.4. The van der Waals surface area contributed by atoms with Gasteiger partial charge in [-0.05, 0) is 31.0 Å². The van der Waals surface area contributed by atoms with Gasteiger partial charge in [0.25, 0.3) is 0 Å². The minimum absolute atomic E-state index is 0.278. The summed E-state index contributed by atoms with van der Waals surface area (Å²) in [6.07, 6.45) is 2.70. The first-order valence-electron chi connectivity index (χ1n) is 6.62. The van der Waals surface area contributed by atoms with Crippen LogP contribution in [0.25, 0.3) is 0 Å². The molecule has 0 aliphatic carbocycles. The van der Waals surface area contributed by atoms with E-state index in [2.05, 4.69) is 5.10 Å². The van der Waals surface area contributed by atoms with Gasteiger partial charge in [0.1, 0.15) is 11.4 Å². The third-order valence-corrected chi connectivity index (χ3v) is 3.45. The van der Waals surface area contributed by atoms with Crippen molar-refractivity contribution in [3.63, 3.8) is 0 Å². The van der Waals surface area contributed by atoms with Crippen molar-refractivity contribution < 1.29 is 9.50 Å². The summed E-state index contributed by atoms with van der Waals surface area (Å²) in [6, 6.07) is 6.22. The van der Waals surface area contributed by atoms with Crippen molar-refractivity contribution in [3.8, 4) is 0 Å². The SMILES string of the molecule is CCCn1ncc(Cl)c1C(C)(O)Cc1cccc(F)c1. The molecule has 0 amide bonds. The van der Waals surface area contributed by atoms with Gasteiger partial charge in [0.05, 0.1) is 16.9 Å². The highest BCUT2D eigenvalue weighted by Gasteiger charge is 2.30. The van der Waals surface area contributed by atoms with Crippen LogP contribution in [0.3, 0.4) is 0 Å². The largest absolute Gasteiger partial charge is 0.383 e. The normalized spacial score (nSPS) is 14.2. The Labute approximate surface area is 123 Å². The Balaban J connectivity index is 2.32. The molecule has 1 unspecified atom stereocenters. The second-order valence-electron chi connectivity index (χ2n) is 5.14. The lowest BCUT2D eigenvalue weighted by Crippen LogP contribution is -2.28. The maximum atomic E-state index is 13.2. The molecule has 0 bridgehead atoms. The van der Waals surface area contributed by atoms with Gasteiger partial charge in [-0.25, -0.2) is 4.39 Å². The van der Waals surface area contributed by atoms with E-state index in [1.54, 1.807) is 23.7 Å². The highest BCUT2D eigenvalue weighted by atomic mass is 35.5. The van der Waals surface area contributed by atoms with E-state index in [0.717, 1.165) is 12.0 Å². The molecule has 3 nitrogen and oxygen atoms in total. The van der Waals surface area contributed by atoms with Gasteiger partial charge in [-0.2, -0.15) is 5.10 Å². The minimum Gasteiger partial charge on any atom is -0.383 e. The van der Waals surface area contributed by atoms with Crippen LogP contribution in [0.15, 0.2) is 30.5 Å². The maximum absolute atomic E-state index is 13.2. The molecule has 0 fully saturated rings. The standard InChI is InChI=1S/C15H18ClFN2O/c1-3-7-19-14(13(16)10-18-19)15(2,20)9-11-5-4-6-12(17)8-11/h4-6,8,10,20H,3,7,9H2,1-2H3. The summed E-state index contributed by atoms with van der Waals surface area (Å²) in [5.41, 5.74) is 0.0943. The van der Waals surface area contributed by atoms with Crippen LogP contribution in [-0.4, -0.2) is 14.9 Å². The van der Waals surface area contributed by atoms with Gasteiger partial charge in [0.2, 0.25) is 0 Å². The summed E-state index contributed by atoms with van der Waals surface area (Å²) in [4.78, 5) is 0. The van der Waals surface area contributed by atoms with Crippen LogP contribution in [0.2, 0.25) is 5.02 Å². The Bertz CT molecular complexity index is 595. The molecule has 1 aromatic heterocycles. The highest BCUT2D eigenvalue weighted by Crippen LogP contribution is 2.31. The lowest BCUT2D eigenvalue weighted by molar-refractivity contribution is 0.0478. The predicted octanol–water partition coefficient (Wildman–Crippen LogP) is 3.54. The molecule has 0 spiro atoms. The Morgan fingerprint density at radius 1 is 1.45 bits per heavy atom. The third kappa shape index (κ3) is 3.19. The number of rotatable bonds is 5. The Kier molecular flexibility index (Phi) is 4.45. The van der Waals surface area contributed by atoms with E-state index in [9.17, 15) is 9.50 Å². The van der Waals surface area contributed by atoms with Crippen molar-refractivity contribution in [1.29, 1.82) is 0 Å². The zero-order valence-electron chi connectivity index (χ0n) is 11.6. The van der Waals surface area contributed by atoms with Crippen LogP contribution in [0.1, 0.15) is 31.5 Å². The molecule has 1 atom stereocenters. The summed E-state index contributed by atoms with van der Waals surface area (Å²) in [5.74, 6) is -0.313. The Hall–Kier alpha value is -1.39. The Morgan fingerprint density at radius 3 is 2.85 bits per heavy atom. The fourth-order valence-electron chi connectivity index (χ4n) is 2.41. The average molecular weight is 297 g/mol. The number of hydrogen-bond donors (Lipinski definition) is 1. The van der Waals surface area contributed by atoms with Crippen molar-refractivity contribution in [1.82, 2.24) is 9.78 Å². The van der Waals surface area contributed by atoms with Gasteiger partial charge in [-0.1, -0.05) is 30.7 Å².